The third-order valence-corrected chi connectivity index (χ3v) is 6.72. The summed E-state index contributed by atoms with van der Waals surface area (Å²) in [7, 11) is 4.10. The molecule has 3 aromatic rings. The molecule has 0 saturated heterocycles. The van der Waals surface area contributed by atoms with Crippen LogP contribution in [0, 0.1) is 11.2 Å². The number of benzene rings is 1. The molecular formula is C22H24BrFN6O2. The minimum Gasteiger partial charge on any atom is -0.463 e. The molecule has 2 aromatic heterocycles. The van der Waals surface area contributed by atoms with Gasteiger partial charge in [0.1, 0.15) is 11.3 Å². The number of fused-ring (bicyclic) bond motifs is 3. The first-order valence-electron chi connectivity index (χ1n) is 10.5. The average Bonchev–Trinajstić information content (AvgIpc) is 3.36. The lowest BCUT2D eigenvalue weighted by atomic mass is 10.0. The number of nitrogens with one attached hydrogen (secondary N) is 1. The van der Waals surface area contributed by atoms with E-state index in [9.17, 15) is 0 Å². The topological polar surface area (TPSA) is 85.3 Å². The van der Waals surface area contributed by atoms with E-state index >= 15 is 4.39 Å². The molecule has 1 aromatic carbocycles. The van der Waals surface area contributed by atoms with Crippen molar-refractivity contribution in [2.75, 3.05) is 32.6 Å². The largest absolute Gasteiger partial charge is 0.463 e. The summed E-state index contributed by atoms with van der Waals surface area (Å²) in [5, 5.41) is 11.9. The van der Waals surface area contributed by atoms with Gasteiger partial charge in [0.15, 0.2) is 5.82 Å². The average molecular weight is 503 g/mol. The number of hydrogen-bond donors (Lipinski definition) is 1. The van der Waals surface area contributed by atoms with Crippen LogP contribution in [0.25, 0.3) is 10.9 Å². The fraction of sp³-hybridized carbons (Fsp3) is 0.455. The summed E-state index contributed by atoms with van der Waals surface area (Å²) < 4.78 is 27.3. The number of nitrogens with zero attached hydrogens (tertiary/aromatic N) is 5. The molecule has 2 aliphatic rings. The maximum absolute atomic E-state index is 15.3. The van der Waals surface area contributed by atoms with E-state index < -0.39 is 5.82 Å². The maximum Gasteiger partial charge on any atom is 0.319 e. The lowest BCUT2D eigenvalue weighted by Crippen LogP contribution is -2.28. The Morgan fingerprint density at radius 3 is 2.78 bits per heavy atom. The first-order valence-corrected chi connectivity index (χ1v) is 11.3. The number of ether oxygens (including phenoxy) is 2. The molecule has 0 amide bonds. The summed E-state index contributed by atoms with van der Waals surface area (Å²) in [6.45, 7) is 2.54. The fourth-order valence-corrected chi connectivity index (χ4v) is 4.72. The van der Waals surface area contributed by atoms with Gasteiger partial charge in [0.25, 0.3) is 0 Å². The van der Waals surface area contributed by atoms with Crippen molar-refractivity contribution in [3.8, 4) is 6.01 Å². The second-order valence-corrected chi connectivity index (χ2v) is 9.54. The van der Waals surface area contributed by atoms with Gasteiger partial charge in [-0.3, -0.25) is 0 Å². The molecule has 1 aliphatic carbocycles. The monoisotopic (exact) mass is 502 g/mol. The van der Waals surface area contributed by atoms with E-state index in [0.717, 1.165) is 36.2 Å². The standard InChI is InChI=1S/C22H24BrFN6O2/c1-30(2)11-22(5-6-22)12-32-21-27-19-16(14-9-31-10-15(14)17(23)18(19)24)20(28-21)25-8-13-4-3-7-26-29-13/h3-4,7H,5-6,8-12H2,1-2H3,(H,25,27,28). The summed E-state index contributed by atoms with van der Waals surface area (Å²) in [5.74, 6) is 0.0646. The van der Waals surface area contributed by atoms with Crippen LogP contribution in [-0.4, -0.2) is 52.3 Å². The highest BCUT2D eigenvalue weighted by molar-refractivity contribution is 9.10. The second-order valence-electron chi connectivity index (χ2n) is 8.75. The van der Waals surface area contributed by atoms with Gasteiger partial charge in [-0.2, -0.15) is 20.2 Å². The summed E-state index contributed by atoms with van der Waals surface area (Å²) >= 11 is 3.38. The minimum atomic E-state index is -0.437. The molecule has 168 valence electrons. The molecule has 0 spiro atoms. The molecule has 1 N–H and O–H groups in total. The zero-order valence-corrected chi connectivity index (χ0v) is 19.6. The molecule has 8 nitrogen and oxygen atoms in total. The van der Waals surface area contributed by atoms with E-state index in [1.54, 1.807) is 6.20 Å². The smallest absolute Gasteiger partial charge is 0.319 e. The molecule has 1 aliphatic heterocycles. The van der Waals surface area contributed by atoms with Gasteiger partial charge in [0, 0.05) is 23.7 Å². The highest BCUT2D eigenvalue weighted by Gasteiger charge is 2.44. The third-order valence-electron chi connectivity index (χ3n) is 5.89. The van der Waals surface area contributed by atoms with Gasteiger partial charge >= 0.3 is 6.01 Å². The zero-order chi connectivity index (χ0) is 22.3. The summed E-state index contributed by atoms with van der Waals surface area (Å²) in [6, 6.07) is 3.84. The van der Waals surface area contributed by atoms with Crippen LogP contribution in [0.15, 0.2) is 22.8 Å². The molecule has 1 fully saturated rings. The van der Waals surface area contributed by atoms with Crippen LogP contribution in [0.5, 0.6) is 6.01 Å². The normalized spacial score (nSPS) is 16.4. The maximum atomic E-state index is 15.3. The SMILES string of the molecule is CN(C)CC1(COc2nc(NCc3cccnn3)c3c4c(c(Br)c(F)c3n2)COC4)CC1. The molecule has 3 heterocycles. The third kappa shape index (κ3) is 4.14. The predicted molar refractivity (Wildman–Crippen MR) is 121 cm³/mol. The van der Waals surface area contributed by atoms with Crippen LogP contribution in [0.4, 0.5) is 10.2 Å². The molecule has 0 bridgehead atoms. The Morgan fingerprint density at radius 2 is 2.06 bits per heavy atom. The van der Waals surface area contributed by atoms with Crippen LogP contribution in [0.1, 0.15) is 29.7 Å². The molecule has 5 rings (SSSR count). The van der Waals surface area contributed by atoms with Crippen LogP contribution in [0.2, 0.25) is 0 Å². The molecule has 32 heavy (non-hydrogen) atoms. The molecule has 1 saturated carbocycles. The van der Waals surface area contributed by atoms with E-state index in [-0.39, 0.29) is 16.9 Å². The molecular weight excluding hydrogens is 479 g/mol. The van der Waals surface area contributed by atoms with Crippen LogP contribution in [0.3, 0.4) is 0 Å². The summed E-state index contributed by atoms with van der Waals surface area (Å²) in [4.78, 5) is 11.3. The number of anilines is 1. The quantitative estimate of drug-likeness (QED) is 0.499. The molecule has 10 heteroatoms. The molecule has 0 atom stereocenters. The lowest BCUT2D eigenvalue weighted by Gasteiger charge is -2.20. The van der Waals surface area contributed by atoms with Crippen molar-refractivity contribution in [1.82, 2.24) is 25.1 Å². The highest BCUT2D eigenvalue weighted by atomic mass is 79.9. The van der Waals surface area contributed by atoms with E-state index in [0.29, 0.717) is 42.0 Å². The van der Waals surface area contributed by atoms with Crippen molar-refractivity contribution >= 4 is 32.7 Å². The lowest BCUT2D eigenvalue weighted by molar-refractivity contribution is 0.134. The van der Waals surface area contributed by atoms with Gasteiger partial charge in [-0.25, -0.2) is 4.39 Å². The predicted octanol–water partition coefficient (Wildman–Crippen LogP) is 3.68. The van der Waals surface area contributed by atoms with Gasteiger partial charge in [-0.1, -0.05) is 0 Å². The Labute approximate surface area is 193 Å². The zero-order valence-electron chi connectivity index (χ0n) is 18.0. The number of hydrogen-bond acceptors (Lipinski definition) is 8. The Balaban J connectivity index is 1.52. The van der Waals surface area contributed by atoms with Gasteiger partial charge in [-0.05, 0) is 60.6 Å². The van der Waals surface area contributed by atoms with Gasteiger partial charge in [0.2, 0.25) is 0 Å². The van der Waals surface area contributed by atoms with Crippen molar-refractivity contribution in [1.29, 1.82) is 0 Å². The molecule has 0 radical (unpaired) electrons. The summed E-state index contributed by atoms with van der Waals surface area (Å²) in [6.07, 6.45) is 3.82. The van der Waals surface area contributed by atoms with Crippen LogP contribution in [-0.2, 0) is 24.5 Å². The van der Waals surface area contributed by atoms with Crippen LogP contribution >= 0.6 is 15.9 Å². The second kappa shape index (κ2) is 8.49. The Bertz CT molecular complexity index is 1160. The van der Waals surface area contributed by atoms with Crippen molar-refractivity contribution in [3.05, 3.63) is 45.4 Å². The first kappa shape index (κ1) is 21.4. The van der Waals surface area contributed by atoms with E-state index in [2.05, 4.69) is 60.4 Å². The van der Waals surface area contributed by atoms with Crippen molar-refractivity contribution in [3.63, 3.8) is 0 Å². The Kier molecular flexibility index (Phi) is 5.68. The van der Waals surface area contributed by atoms with Crippen molar-refractivity contribution in [2.24, 2.45) is 5.41 Å². The van der Waals surface area contributed by atoms with Crippen LogP contribution < -0.4 is 10.1 Å². The highest BCUT2D eigenvalue weighted by Crippen LogP contribution is 2.46. The first-order chi connectivity index (χ1) is 15.5. The summed E-state index contributed by atoms with van der Waals surface area (Å²) in [5.41, 5.74) is 2.74. The number of halogens is 2. The van der Waals surface area contributed by atoms with E-state index in [1.807, 2.05) is 12.1 Å². The van der Waals surface area contributed by atoms with Crippen molar-refractivity contribution < 1.29 is 13.9 Å². The van der Waals surface area contributed by atoms with E-state index in [1.165, 1.54) is 0 Å². The van der Waals surface area contributed by atoms with E-state index in [4.69, 9.17) is 9.47 Å². The molecule has 0 unspecified atom stereocenters. The van der Waals surface area contributed by atoms with Gasteiger partial charge < -0.3 is 19.7 Å². The van der Waals surface area contributed by atoms with Gasteiger partial charge in [-0.15, -0.1) is 0 Å². The van der Waals surface area contributed by atoms with Gasteiger partial charge in [0.05, 0.1) is 41.9 Å². The Hall–Kier alpha value is -2.43. The number of aromatic nitrogens is 4. The Morgan fingerprint density at radius 1 is 1.25 bits per heavy atom. The van der Waals surface area contributed by atoms with Crippen molar-refractivity contribution in [2.45, 2.75) is 32.6 Å². The fourth-order valence-electron chi connectivity index (χ4n) is 4.18. The minimum absolute atomic E-state index is 0.111. The number of rotatable bonds is 8.